The maximum Gasteiger partial charge on any atom is 0.243 e. The zero-order valence-electron chi connectivity index (χ0n) is 16.0. The van der Waals surface area contributed by atoms with Crippen molar-refractivity contribution in [1.29, 1.82) is 0 Å². The summed E-state index contributed by atoms with van der Waals surface area (Å²) in [6, 6.07) is 11.3. The summed E-state index contributed by atoms with van der Waals surface area (Å²) in [4.78, 5) is 28.6. The average Bonchev–Trinajstić information content (AvgIpc) is 3.04. The summed E-state index contributed by atoms with van der Waals surface area (Å²) in [5.74, 6) is -0.0219. The maximum atomic E-state index is 12.1. The molecule has 7 nitrogen and oxygen atoms in total. The predicted molar refractivity (Wildman–Crippen MR) is 112 cm³/mol. The predicted octanol–water partition coefficient (Wildman–Crippen LogP) is 3.09. The number of nitrogens with one attached hydrogen (secondary N) is 3. The van der Waals surface area contributed by atoms with Gasteiger partial charge >= 0.3 is 0 Å². The molecule has 0 spiro atoms. The summed E-state index contributed by atoms with van der Waals surface area (Å²) in [5.41, 5.74) is 3.35. The number of carbonyl (C=O) groups excluding carboxylic acids is 2. The fraction of sp³-hybridized carbons (Fsp3) is 0.250. The van der Waals surface area contributed by atoms with Gasteiger partial charge in [0.05, 0.1) is 41.1 Å². The Morgan fingerprint density at radius 2 is 1.89 bits per heavy atom. The first-order valence-electron chi connectivity index (χ1n) is 8.77. The van der Waals surface area contributed by atoms with Crippen LogP contribution in [0, 0.1) is 13.8 Å². The van der Waals surface area contributed by atoms with Crippen molar-refractivity contribution in [3.05, 3.63) is 47.0 Å². The van der Waals surface area contributed by atoms with Crippen molar-refractivity contribution in [2.45, 2.75) is 13.8 Å². The van der Waals surface area contributed by atoms with Gasteiger partial charge in [0.1, 0.15) is 5.75 Å². The molecule has 8 heteroatoms. The number of rotatable bonds is 7. The van der Waals surface area contributed by atoms with E-state index in [1.165, 1.54) is 0 Å². The van der Waals surface area contributed by atoms with Crippen molar-refractivity contribution in [3.63, 3.8) is 0 Å². The summed E-state index contributed by atoms with van der Waals surface area (Å²) < 4.78 is 6.29. The van der Waals surface area contributed by atoms with Crippen molar-refractivity contribution in [2.24, 2.45) is 0 Å². The lowest BCUT2D eigenvalue weighted by Gasteiger charge is -2.12. The summed E-state index contributed by atoms with van der Waals surface area (Å²) >= 11 is 1.60. The molecule has 3 aromatic rings. The lowest BCUT2D eigenvalue weighted by Crippen LogP contribution is -2.36. The third-order valence-corrected chi connectivity index (χ3v) is 4.96. The Bertz CT molecular complexity index is 1020. The first kappa shape index (κ1) is 19.6. The number of benzene rings is 2. The standard InChI is InChI=1S/C20H22N4O3S/c1-12-4-7-17(27-3)16(8-12)24-20(26)11-22-19(25)10-21-14-5-6-15-18(9-14)28-13(2)23-15/h4-9,21H,10-11H2,1-3H3,(H,22,25)(H,24,26). The molecule has 1 aromatic heterocycles. The van der Waals surface area contributed by atoms with Gasteiger partial charge in [-0.15, -0.1) is 11.3 Å². The highest BCUT2D eigenvalue weighted by atomic mass is 32.1. The van der Waals surface area contributed by atoms with E-state index in [9.17, 15) is 9.59 Å². The lowest BCUT2D eigenvalue weighted by molar-refractivity contribution is -0.122. The van der Waals surface area contributed by atoms with Crippen LogP contribution in [0.3, 0.4) is 0 Å². The van der Waals surface area contributed by atoms with E-state index in [1.807, 2.05) is 44.2 Å². The van der Waals surface area contributed by atoms with Crippen LogP contribution in [0.1, 0.15) is 10.6 Å². The van der Waals surface area contributed by atoms with Gasteiger partial charge < -0.3 is 20.7 Å². The fourth-order valence-corrected chi connectivity index (χ4v) is 3.55. The van der Waals surface area contributed by atoms with Gasteiger partial charge in [0.2, 0.25) is 11.8 Å². The van der Waals surface area contributed by atoms with Crippen molar-refractivity contribution in [3.8, 4) is 5.75 Å². The smallest absolute Gasteiger partial charge is 0.243 e. The lowest BCUT2D eigenvalue weighted by atomic mass is 10.2. The average molecular weight is 398 g/mol. The number of aryl methyl sites for hydroxylation is 2. The topological polar surface area (TPSA) is 92.4 Å². The molecule has 0 saturated carbocycles. The molecule has 2 aromatic carbocycles. The second kappa shape index (κ2) is 8.71. The van der Waals surface area contributed by atoms with E-state index in [-0.39, 0.29) is 24.9 Å². The molecule has 0 saturated heterocycles. The summed E-state index contributed by atoms with van der Waals surface area (Å²) in [5, 5.41) is 9.41. The van der Waals surface area contributed by atoms with Crippen LogP contribution in [-0.2, 0) is 9.59 Å². The number of nitrogens with zero attached hydrogens (tertiary/aromatic N) is 1. The molecule has 146 valence electrons. The van der Waals surface area contributed by atoms with Gasteiger partial charge in [0.15, 0.2) is 0 Å². The zero-order valence-corrected chi connectivity index (χ0v) is 16.8. The van der Waals surface area contributed by atoms with Crippen molar-refractivity contribution >= 4 is 44.7 Å². The van der Waals surface area contributed by atoms with Gasteiger partial charge in [-0.3, -0.25) is 9.59 Å². The highest BCUT2D eigenvalue weighted by Crippen LogP contribution is 2.25. The number of hydrogen-bond donors (Lipinski definition) is 3. The normalized spacial score (nSPS) is 10.5. The van der Waals surface area contributed by atoms with Gasteiger partial charge in [0.25, 0.3) is 0 Å². The van der Waals surface area contributed by atoms with Crippen LogP contribution in [0.5, 0.6) is 5.75 Å². The largest absolute Gasteiger partial charge is 0.495 e. The third kappa shape index (κ3) is 4.98. The van der Waals surface area contributed by atoms with E-state index in [2.05, 4.69) is 20.9 Å². The minimum absolute atomic E-state index is 0.0737. The Balaban J connectivity index is 1.48. The van der Waals surface area contributed by atoms with Crippen LogP contribution in [0.15, 0.2) is 36.4 Å². The first-order valence-corrected chi connectivity index (χ1v) is 9.58. The van der Waals surface area contributed by atoms with Crippen LogP contribution in [0.4, 0.5) is 11.4 Å². The van der Waals surface area contributed by atoms with Crippen molar-refractivity contribution in [1.82, 2.24) is 10.3 Å². The van der Waals surface area contributed by atoms with Crippen molar-refractivity contribution in [2.75, 3.05) is 30.8 Å². The van der Waals surface area contributed by atoms with Gasteiger partial charge in [-0.05, 0) is 49.7 Å². The van der Waals surface area contributed by atoms with Crippen molar-refractivity contribution < 1.29 is 14.3 Å². The minimum Gasteiger partial charge on any atom is -0.495 e. The SMILES string of the molecule is COc1ccc(C)cc1NC(=O)CNC(=O)CNc1ccc2nc(C)sc2c1. The van der Waals surface area contributed by atoms with Gasteiger partial charge in [-0.1, -0.05) is 6.07 Å². The number of carbonyl (C=O) groups is 2. The molecule has 0 fully saturated rings. The summed E-state index contributed by atoms with van der Waals surface area (Å²) in [7, 11) is 1.54. The highest BCUT2D eigenvalue weighted by Gasteiger charge is 2.10. The zero-order chi connectivity index (χ0) is 20.1. The Labute approximate surface area is 167 Å². The molecule has 0 atom stereocenters. The number of methoxy groups -OCH3 is 1. The van der Waals surface area contributed by atoms with Gasteiger partial charge in [0, 0.05) is 5.69 Å². The van der Waals surface area contributed by atoms with Crippen LogP contribution < -0.4 is 20.7 Å². The number of hydrogen-bond acceptors (Lipinski definition) is 6. The molecular formula is C20H22N4O3S. The quantitative estimate of drug-likeness (QED) is 0.569. The molecule has 2 amide bonds. The van der Waals surface area contributed by atoms with E-state index in [0.717, 1.165) is 26.5 Å². The van der Waals surface area contributed by atoms with Crippen LogP contribution in [0.25, 0.3) is 10.2 Å². The van der Waals surface area contributed by atoms with Crippen LogP contribution in [0.2, 0.25) is 0 Å². The third-order valence-electron chi connectivity index (χ3n) is 4.02. The van der Waals surface area contributed by atoms with E-state index in [1.54, 1.807) is 24.5 Å². The Morgan fingerprint density at radius 1 is 1.07 bits per heavy atom. The Morgan fingerprint density at radius 3 is 2.68 bits per heavy atom. The van der Waals surface area contributed by atoms with E-state index in [0.29, 0.717) is 11.4 Å². The Kier molecular flexibility index (Phi) is 6.10. The number of fused-ring (bicyclic) bond motifs is 1. The number of anilines is 2. The van der Waals surface area contributed by atoms with E-state index >= 15 is 0 Å². The molecule has 0 aliphatic carbocycles. The molecule has 0 bridgehead atoms. The molecule has 28 heavy (non-hydrogen) atoms. The molecule has 0 aliphatic rings. The van der Waals surface area contributed by atoms with Gasteiger partial charge in [-0.25, -0.2) is 4.98 Å². The maximum absolute atomic E-state index is 12.1. The number of thiazole rings is 1. The van der Waals surface area contributed by atoms with Crippen LogP contribution >= 0.6 is 11.3 Å². The number of ether oxygens (including phenoxy) is 1. The fourth-order valence-electron chi connectivity index (χ4n) is 2.69. The molecule has 0 radical (unpaired) electrons. The second-order valence-corrected chi connectivity index (χ2v) is 7.53. The number of amides is 2. The summed E-state index contributed by atoms with van der Waals surface area (Å²) in [6.07, 6.45) is 0. The molecule has 3 rings (SSSR count). The molecule has 3 N–H and O–H groups in total. The number of aromatic nitrogens is 1. The summed E-state index contributed by atoms with van der Waals surface area (Å²) in [6.45, 7) is 3.84. The molecule has 0 aliphatic heterocycles. The monoisotopic (exact) mass is 398 g/mol. The molecular weight excluding hydrogens is 376 g/mol. The highest BCUT2D eigenvalue weighted by molar-refractivity contribution is 7.18. The first-order chi connectivity index (χ1) is 13.4. The minimum atomic E-state index is -0.321. The molecule has 0 unspecified atom stereocenters. The van der Waals surface area contributed by atoms with Gasteiger partial charge in [-0.2, -0.15) is 0 Å². The van der Waals surface area contributed by atoms with E-state index in [4.69, 9.17) is 4.74 Å². The van der Waals surface area contributed by atoms with Crippen LogP contribution in [-0.4, -0.2) is 37.0 Å². The Hall–Kier alpha value is -3.13. The molecule has 1 heterocycles. The van der Waals surface area contributed by atoms with E-state index < -0.39 is 0 Å². The second-order valence-electron chi connectivity index (χ2n) is 6.30.